The van der Waals surface area contributed by atoms with Crippen LogP contribution in [0.25, 0.3) is 0 Å². The minimum Gasteiger partial charge on any atom is -0.393 e. The number of hydrogen-bond acceptors (Lipinski definition) is 7. The molecule has 1 saturated heterocycles. The van der Waals surface area contributed by atoms with Crippen LogP contribution in [-0.2, 0) is 24.1 Å². The Balaban J connectivity index is 1.32. The molecule has 4 aromatic rings. The lowest BCUT2D eigenvalue weighted by molar-refractivity contribution is -0.131. The normalized spacial score (nSPS) is 17.6. The van der Waals surface area contributed by atoms with Gasteiger partial charge < -0.3 is 25.3 Å². The summed E-state index contributed by atoms with van der Waals surface area (Å²) in [5, 5.41) is 46.5. The van der Waals surface area contributed by atoms with Crippen LogP contribution in [0.2, 0.25) is 0 Å². The van der Waals surface area contributed by atoms with E-state index in [1.807, 2.05) is 48.5 Å². The minimum absolute atomic E-state index is 0.0233. The first-order chi connectivity index (χ1) is 20.8. The van der Waals surface area contributed by atoms with Crippen molar-refractivity contribution in [2.45, 2.75) is 56.3 Å². The third kappa shape index (κ3) is 7.17. The van der Waals surface area contributed by atoms with Crippen LogP contribution in [0.3, 0.4) is 0 Å². The summed E-state index contributed by atoms with van der Waals surface area (Å²) in [5.41, 5.74) is 2.84. The van der Waals surface area contributed by atoms with Crippen LogP contribution in [0, 0.1) is 11.7 Å². The van der Waals surface area contributed by atoms with E-state index in [2.05, 4.69) is 15.2 Å². The van der Waals surface area contributed by atoms with Gasteiger partial charge in [-0.2, -0.15) is 5.10 Å². The summed E-state index contributed by atoms with van der Waals surface area (Å²) in [6.07, 6.45) is 3.69. The van der Waals surface area contributed by atoms with Crippen molar-refractivity contribution in [2.24, 2.45) is 5.92 Å². The van der Waals surface area contributed by atoms with E-state index in [0.717, 1.165) is 34.6 Å². The predicted molar refractivity (Wildman–Crippen MR) is 158 cm³/mol. The molecule has 3 aromatic carbocycles. The zero-order valence-electron chi connectivity index (χ0n) is 23.8. The van der Waals surface area contributed by atoms with Crippen molar-refractivity contribution in [1.29, 1.82) is 0 Å². The van der Waals surface area contributed by atoms with Crippen molar-refractivity contribution in [2.75, 3.05) is 18.1 Å². The molecule has 1 fully saturated rings. The quantitative estimate of drug-likeness (QED) is 0.142. The molecule has 1 aromatic heterocycles. The number of aromatic amines is 1. The number of aliphatic hydroxyl groups excluding tert-OH is 3. The number of nitrogens with one attached hydrogen (secondary N) is 1. The maximum Gasteiger partial charge on any atom is 0.233 e. The van der Waals surface area contributed by atoms with E-state index in [0.29, 0.717) is 31.2 Å². The van der Waals surface area contributed by atoms with Crippen LogP contribution in [0.4, 0.5) is 10.1 Å². The SMILES string of the molecule is O=C1[C@H](CC[C@H](O)c2ccc(F)cc2)[C@@H](c2ccc(CCC(O)(CO)CO)cc2)N1c1ccc(CCc2nc[nH]n2)cc1. The third-order valence-electron chi connectivity index (χ3n) is 8.33. The first kappa shape index (κ1) is 30.5. The summed E-state index contributed by atoms with van der Waals surface area (Å²) in [6.45, 7) is -1.05. The summed E-state index contributed by atoms with van der Waals surface area (Å²) in [6, 6.07) is 21.2. The lowest BCUT2D eigenvalue weighted by Crippen LogP contribution is -2.55. The Labute approximate surface area is 249 Å². The van der Waals surface area contributed by atoms with Gasteiger partial charge in [-0.25, -0.2) is 9.37 Å². The smallest absolute Gasteiger partial charge is 0.233 e. The Morgan fingerprint density at radius 3 is 2.19 bits per heavy atom. The van der Waals surface area contributed by atoms with E-state index >= 15 is 0 Å². The fourth-order valence-corrected chi connectivity index (χ4v) is 5.59. The second-order valence-corrected chi connectivity index (χ2v) is 11.3. The molecule has 2 heterocycles. The molecule has 1 amide bonds. The van der Waals surface area contributed by atoms with Crippen molar-refractivity contribution in [3.63, 3.8) is 0 Å². The Hall–Kier alpha value is -3.96. The monoisotopic (exact) mass is 588 g/mol. The fraction of sp³-hybridized carbons (Fsp3) is 0.364. The number of aromatic nitrogens is 3. The van der Waals surface area contributed by atoms with Crippen molar-refractivity contribution in [3.05, 3.63) is 113 Å². The lowest BCUT2D eigenvalue weighted by Gasteiger charge is -2.48. The lowest BCUT2D eigenvalue weighted by atomic mass is 9.78. The maximum atomic E-state index is 13.6. The molecule has 43 heavy (non-hydrogen) atoms. The van der Waals surface area contributed by atoms with E-state index < -0.39 is 24.9 Å². The molecule has 0 radical (unpaired) electrons. The van der Waals surface area contributed by atoms with Crippen LogP contribution in [0.15, 0.2) is 79.1 Å². The molecular weight excluding hydrogens is 551 g/mol. The van der Waals surface area contributed by atoms with Gasteiger partial charge >= 0.3 is 0 Å². The van der Waals surface area contributed by atoms with Gasteiger partial charge in [-0.3, -0.25) is 9.89 Å². The molecule has 0 spiro atoms. The summed E-state index contributed by atoms with van der Waals surface area (Å²) >= 11 is 0. The summed E-state index contributed by atoms with van der Waals surface area (Å²) < 4.78 is 13.4. The molecule has 226 valence electrons. The van der Waals surface area contributed by atoms with Crippen molar-refractivity contribution in [1.82, 2.24) is 15.2 Å². The maximum absolute atomic E-state index is 13.6. The zero-order chi connectivity index (χ0) is 30.4. The number of carbonyl (C=O) groups excluding carboxylic acids is 1. The molecule has 3 atom stereocenters. The average Bonchev–Trinajstić information content (AvgIpc) is 3.56. The highest BCUT2D eigenvalue weighted by atomic mass is 19.1. The van der Waals surface area contributed by atoms with Gasteiger partial charge in [0.1, 0.15) is 17.7 Å². The molecule has 0 aliphatic carbocycles. The highest BCUT2D eigenvalue weighted by Gasteiger charge is 2.48. The Kier molecular flexibility index (Phi) is 9.62. The van der Waals surface area contributed by atoms with Crippen molar-refractivity contribution in [3.8, 4) is 0 Å². The molecule has 5 N–H and O–H groups in total. The number of rotatable bonds is 14. The standard InChI is InChI=1S/C33H37FN4O5/c34-26-10-8-24(9-11-26)29(41)15-14-28-31(25-6-1-23(2-7-25)17-18-33(43,19-39)20-40)38(32(28)42)27-12-3-22(4-13-27)5-16-30-35-21-36-37-30/h1-4,6-13,21,28-29,31,39-41,43H,5,14-20H2,(H,35,36,37)/t28-,29+,31-/m1/s1. The summed E-state index contributed by atoms with van der Waals surface area (Å²) in [7, 11) is 0. The van der Waals surface area contributed by atoms with E-state index in [1.165, 1.54) is 12.1 Å². The van der Waals surface area contributed by atoms with Crippen LogP contribution in [0.1, 0.15) is 59.5 Å². The number of halogens is 1. The fourth-order valence-electron chi connectivity index (χ4n) is 5.59. The first-order valence-corrected chi connectivity index (χ1v) is 14.5. The average molecular weight is 589 g/mol. The molecule has 1 aliphatic heterocycles. The molecule has 5 rings (SSSR count). The van der Waals surface area contributed by atoms with Gasteiger partial charge in [0.05, 0.1) is 31.3 Å². The molecule has 0 saturated carbocycles. The summed E-state index contributed by atoms with van der Waals surface area (Å²) in [4.78, 5) is 19.5. The number of anilines is 1. The summed E-state index contributed by atoms with van der Waals surface area (Å²) in [5.74, 6) is 0.00381. The highest BCUT2D eigenvalue weighted by molar-refractivity contribution is 6.03. The Morgan fingerprint density at radius 1 is 0.907 bits per heavy atom. The molecule has 9 nitrogen and oxygen atoms in total. The van der Waals surface area contributed by atoms with E-state index in [4.69, 9.17) is 0 Å². The number of benzene rings is 3. The number of aryl methyl sites for hydroxylation is 3. The van der Waals surface area contributed by atoms with Gasteiger partial charge in [0, 0.05) is 12.1 Å². The van der Waals surface area contributed by atoms with Crippen LogP contribution < -0.4 is 4.90 Å². The number of amides is 1. The number of β-lactam (4-membered cyclic amide) rings is 1. The van der Waals surface area contributed by atoms with Gasteiger partial charge in [-0.1, -0.05) is 48.5 Å². The molecule has 0 bridgehead atoms. The number of aliphatic hydroxyl groups is 4. The largest absolute Gasteiger partial charge is 0.393 e. The zero-order valence-corrected chi connectivity index (χ0v) is 23.8. The predicted octanol–water partition coefficient (Wildman–Crippen LogP) is 3.60. The number of carbonyl (C=O) groups is 1. The van der Waals surface area contributed by atoms with E-state index in [9.17, 15) is 29.6 Å². The van der Waals surface area contributed by atoms with Gasteiger partial charge in [-0.15, -0.1) is 0 Å². The highest BCUT2D eigenvalue weighted by Crippen LogP contribution is 2.46. The first-order valence-electron chi connectivity index (χ1n) is 14.5. The van der Waals surface area contributed by atoms with Crippen LogP contribution >= 0.6 is 0 Å². The van der Waals surface area contributed by atoms with Gasteiger partial charge in [-0.05, 0) is 78.6 Å². The number of nitrogens with zero attached hydrogens (tertiary/aromatic N) is 3. The topological polar surface area (TPSA) is 143 Å². The van der Waals surface area contributed by atoms with Gasteiger partial charge in [0.15, 0.2) is 5.82 Å². The second-order valence-electron chi connectivity index (χ2n) is 11.3. The minimum atomic E-state index is -1.53. The molecular formula is C33H37FN4O5. The Morgan fingerprint density at radius 2 is 1.56 bits per heavy atom. The van der Waals surface area contributed by atoms with E-state index in [1.54, 1.807) is 23.4 Å². The van der Waals surface area contributed by atoms with Crippen molar-refractivity contribution >= 4 is 11.6 Å². The number of H-pyrrole nitrogens is 1. The second kappa shape index (κ2) is 13.6. The molecule has 0 unspecified atom stereocenters. The Bertz CT molecular complexity index is 1460. The molecule has 10 heteroatoms. The third-order valence-corrected chi connectivity index (χ3v) is 8.33. The number of hydrogen-bond donors (Lipinski definition) is 5. The van der Waals surface area contributed by atoms with Crippen LogP contribution in [-0.4, -0.2) is 60.3 Å². The van der Waals surface area contributed by atoms with E-state index in [-0.39, 0.29) is 30.1 Å². The van der Waals surface area contributed by atoms with Gasteiger partial charge in [0.2, 0.25) is 5.91 Å². The van der Waals surface area contributed by atoms with Crippen molar-refractivity contribution < 1.29 is 29.6 Å². The van der Waals surface area contributed by atoms with Gasteiger partial charge in [0.25, 0.3) is 0 Å². The van der Waals surface area contributed by atoms with Crippen LogP contribution in [0.5, 0.6) is 0 Å². The molecule has 1 aliphatic rings.